The molecule has 0 saturated carbocycles. The van der Waals surface area contributed by atoms with Gasteiger partial charge in [0, 0.05) is 18.8 Å². The third kappa shape index (κ3) is 6.28. The van der Waals surface area contributed by atoms with E-state index in [9.17, 15) is 4.79 Å². The average molecular weight is 412 g/mol. The molecule has 0 fully saturated rings. The van der Waals surface area contributed by atoms with Crippen LogP contribution in [0.4, 0.5) is 0 Å². The molecule has 1 unspecified atom stereocenters. The summed E-state index contributed by atoms with van der Waals surface area (Å²) in [5.74, 6) is 0.656. The standard InChI is InChI=1S/C24H30ClN3O/c1-5-11-21(19(6-2)17-29)16-28(4)23(20-12-8-7-9-13-20)18(3)27-24-22(25)14-10-15-26-24/h5,7-9,11-14,17,23H,3,6,10,15-16H2,1-2,4H3,(H,26,27)/b11-5-,21-19-. The van der Waals surface area contributed by atoms with Crippen LogP contribution < -0.4 is 5.32 Å². The number of hydrogen-bond acceptors (Lipinski definition) is 4. The number of dihydropyridines is 1. The predicted molar refractivity (Wildman–Crippen MR) is 123 cm³/mol. The minimum Gasteiger partial charge on any atom is -0.342 e. The van der Waals surface area contributed by atoms with Crippen molar-refractivity contribution in [3.05, 3.63) is 82.6 Å². The van der Waals surface area contributed by atoms with Crippen molar-refractivity contribution in [3.63, 3.8) is 0 Å². The highest BCUT2D eigenvalue weighted by Crippen LogP contribution is 2.27. The first kappa shape index (κ1) is 22.9. The molecule has 0 radical (unpaired) electrons. The van der Waals surface area contributed by atoms with Gasteiger partial charge in [0.1, 0.15) is 12.1 Å². The highest BCUT2D eigenvalue weighted by Gasteiger charge is 2.23. The molecule has 2 rings (SSSR count). The van der Waals surface area contributed by atoms with Crippen molar-refractivity contribution in [2.75, 3.05) is 20.1 Å². The van der Waals surface area contributed by atoms with Crippen LogP contribution in [0.3, 0.4) is 0 Å². The summed E-state index contributed by atoms with van der Waals surface area (Å²) in [6, 6.07) is 10.1. The van der Waals surface area contributed by atoms with Crippen molar-refractivity contribution in [2.45, 2.75) is 32.7 Å². The average Bonchev–Trinajstić information content (AvgIpc) is 2.72. The Morgan fingerprint density at radius 2 is 2.07 bits per heavy atom. The molecule has 0 bridgehead atoms. The Morgan fingerprint density at radius 1 is 1.34 bits per heavy atom. The van der Waals surface area contributed by atoms with E-state index in [1.54, 1.807) is 0 Å². The van der Waals surface area contributed by atoms with Gasteiger partial charge in [0.2, 0.25) is 0 Å². The number of carbonyl (C=O) groups excluding carboxylic acids is 1. The lowest BCUT2D eigenvalue weighted by atomic mass is 10.00. The van der Waals surface area contributed by atoms with Gasteiger partial charge in [0.15, 0.2) is 0 Å². The number of halogens is 1. The summed E-state index contributed by atoms with van der Waals surface area (Å²) in [7, 11) is 2.03. The van der Waals surface area contributed by atoms with Crippen LogP contribution in [0.1, 0.15) is 38.3 Å². The number of benzene rings is 1. The summed E-state index contributed by atoms with van der Waals surface area (Å²) < 4.78 is 0. The van der Waals surface area contributed by atoms with E-state index in [4.69, 9.17) is 11.6 Å². The van der Waals surface area contributed by atoms with Crippen LogP contribution in [0, 0.1) is 0 Å². The van der Waals surface area contributed by atoms with E-state index < -0.39 is 0 Å². The zero-order valence-electron chi connectivity index (χ0n) is 17.5. The monoisotopic (exact) mass is 411 g/mol. The fourth-order valence-corrected chi connectivity index (χ4v) is 3.64. The van der Waals surface area contributed by atoms with Gasteiger partial charge in [-0.15, -0.1) is 0 Å². The number of carbonyl (C=O) groups is 1. The predicted octanol–water partition coefficient (Wildman–Crippen LogP) is 5.17. The van der Waals surface area contributed by atoms with Crippen LogP contribution in [0.5, 0.6) is 0 Å². The lowest BCUT2D eigenvalue weighted by Gasteiger charge is -2.32. The van der Waals surface area contributed by atoms with Crippen LogP contribution in [0.15, 0.2) is 82.0 Å². The Morgan fingerprint density at radius 3 is 2.66 bits per heavy atom. The number of allylic oxidation sites excluding steroid dienone is 2. The summed E-state index contributed by atoms with van der Waals surface area (Å²) in [5, 5.41) is 3.94. The van der Waals surface area contributed by atoms with Crippen LogP contribution in [0.2, 0.25) is 0 Å². The fraction of sp³-hybridized carbons (Fsp3) is 0.333. The van der Waals surface area contributed by atoms with Crippen molar-refractivity contribution >= 4 is 23.7 Å². The van der Waals surface area contributed by atoms with Gasteiger partial charge < -0.3 is 5.32 Å². The van der Waals surface area contributed by atoms with Gasteiger partial charge in [-0.2, -0.15) is 0 Å². The molecular weight excluding hydrogens is 382 g/mol. The topological polar surface area (TPSA) is 44.7 Å². The Balaban J connectivity index is 2.34. The molecule has 1 aromatic carbocycles. The summed E-state index contributed by atoms with van der Waals surface area (Å²) in [6.07, 6.45) is 8.44. The van der Waals surface area contributed by atoms with Gasteiger partial charge in [-0.05, 0) is 43.5 Å². The van der Waals surface area contributed by atoms with E-state index in [2.05, 4.69) is 33.9 Å². The maximum absolute atomic E-state index is 11.5. The maximum Gasteiger partial charge on any atom is 0.146 e. The Hall–Kier alpha value is -2.43. The van der Waals surface area contributed by atoms with Crippen LogP contribution in [-0.2, 0) is 4.79 Å². The van der Waals surface area contributed by atoms with Crippen molar-refractivity contribution in [1.29, 1.82) is 0 Å². The number of hydrogen-bond donors (Lipinski definition) is 1. The molecule has 0 aliphatic carbocycles. The third-order valence-electron chi connectivity index (χ3n) is 4.84. The van der Waals surface area contributed by atoms with E-state index in [0.29, 0.717) is 30.4 Å². The molecule has 1 aliphatic heterocycles. The van der Waals surface area contributed by atoms with Crippen molar-refractivity contribution in [3.8, 4) is 0 Å². The zero-order chi connectivity index (χ0) is 21.2. The molecule has 154 valence electrons. The first-order valence-corrected chi connectivity index (χ1v) is 10.3. The largest absolute Gasteiger partial charge is 0.342 e. The zero-order valence-corrected chi connectivity index (χ0v) is 18.2. The molecular formula is C24H30ClN3O. The first-order valence-electron chi connectivity index (χ1n) is 9.93. The molecule has 0 aromatic heterocycles. The molecule has 1 aromatic rings. The number of aldehydes is 1. The normalized spacial score (nSPS) is 16.2. The van der Waals surface area contributed by atoms with Gasteiger partial charge in [-0.3, -0.25) is 14.7 Å². The quantitative estimate of drug-likeness (QED) is 0.346. The van der Waals surface area contributed by atoms with Crippen LogP contribution >= 0.6 is 11.6 Å². The highest BCUT2D eigenvalue weighted by atomic mass is 35.5. The van der Waals surface area contributed by atoms with Crippen molar-refractivity contribution < 1.29 is 4.79 Å². The van der Waals surface area contributed by atoms with E-state index in [0.717, 1.165) is 35.1 Å². The van der Waals surface area contributed by atoms with Gasteiger partial charge in [-0.1, -0.05) is 73.7 Å². The van der Waals surface area contributed by atoms with Gasteiger partial charge >= 0.3 is 0 Å². The van der Waals surface area contributed by atoms with Crippen molar-refractivity contribution in [1.82, 2.24) is 10.2 Å². The van der Waals surface area contributed by atoms with E-state index in [1.807, 2.05) is 57.3 Å². The number of rotatable bonds is 9. The number of nitrogens with zero attached hydrogens (tertiary/aromatic N) is 2. The molecule has 1 N–H and O–H groups in total. The molecule has 1 aliphatic rings. The molecule has 1 atom stereocenters. The van der Waals surface area contributed by atoms with Crippen molar-refractivity contribution in [2.24, 2.45) is 4.99 Å². The van der Waals surface area contributed by atoms with Crippen LogP contribution in [-0.4, -0.2) is 37.2 Å². The summed E-state index contributed by atoms with van der Waals surface area (Å²) in [6.45, 7) is 9.58. The SMILES string of the molecule is C=C(NC1=NCCC=C1Cl)C(c1ccccc1)N(C)CC(/C=C\C)=C(\C=O)CC. The number of nitrogens with one attached hydrogen (secondary N) is 1. The second kappa shape index (κ2) is 11.5. The van der Waals surface area contributed by atoms with E-state index in [1.165, 1.54) is 0 Å². The summed E-state index contributed by atoms with van der Waals surface area (Å²) in [5.41, 5.74) is 3.71. The van der Waals surface area contributed by atoms with E-state index in [-0.39, 0.29) is 6.04 Å². The molecule has 0 amide bonds. The molecule has 1 heterocycles. The summed E-state index contributed by atoms with van der Waals surface area (Å²) in [4.78, 5) is 18.2. The van der Waals surface area contributed by atoms with Gasteiger partial charge in [0.25, 0.3) is 0 Å². The lowest BCUT2D eigenvalue weighted by molar-refractivity contribution is -0.105. The molecule has 4 nitrogen and oxygen atoms in total. The number of amidine groups is 1. The highest BCUT2D eigenvalue weighted by molar-refractivity contribution is 6.43. The second-order valence-electron chi connectivity index (χ2n) is 6.97. The molecule has 0 saturated heterocycles. The van der Waals surface area contributed by atoms with Crippen LogP contribution in [0.25, 0.3) is 0 Å². The molecule has 0 spiro atoms. The van der Waals surface area contributed by atoms with Gasteiger partial charge in [0.05, 0.1) is 11.1 Å². The fourth-order valence-electron chi connectivity index (χ4n) is 3.43. The smallest absolute Gasteiger partial charge is 0.146 e. The second-order valence-corrected chi connectivity index (χ2v) is 7.38. The Kier molecular flexibility index (Phi) is 9.10. The molecule has 5 heteroatoms. The maximum atomic E-state index is 11.5. The molecule has 29 heavy (non-hydrogen) atoms. The van der Waals surface area contributed by atoms with Gasteiger partial charge in [-0.25, -0.2) is 0 Å². The lowest BCUT2D eigenvalue weighted by Crippen LogP contribution is -2.35. The van der Waals surface area contributed by atoms with E-state index >= 15 is 0 Å². The number of aliphatic imine (C=N–C) groups is 1. The first-order chi connectivity index (χ1) is 14.0. The number of likely N-dealkylation sites (N-methyl/N-ethyl adjacent to an activating group) is 1. The third-order valence-corrected chi connectivity index (χ3v) is 5.17. The summed E-state index contributed by atoms with van der Waals surface area (Å²) >= 11 is 6.32. The minimum absolute atomic E-state index is 0.115. The minimum atomic E-state index is -0.115. The Bertz CT molecular complexity index is 837. The Labute approximate surface area is 179 Å².